The van der Waals surface area contributed by atoms with E-state index in [9.17, 15) is 9.18 Å². The van der Waals surface area contributed by atoms with Crippen LogP contribution in [0.1, 0.15) is 20.8 Å². The first-order valence-corrected chi connectivity index (χ1v) is 7.49. The molecule has 1 N–H and O–H groups in total. The molecule has 0 radical (unpaired) electrons. The van der Waals surface area contributed by atoms with Gasteiger partial charge in [0.2, 0.25) is 5.91 Å². The Balaban J connectivity index is 2.18. The minimum atomic E-state index is -0.363. The molecule has 7 heteroatoms. The molecule has 0 bridgehead atoms. The molecule has 1 aromatic carbocycles. The minimum absolute atomic E-state index is 0.0741. The summed E-state index contributed by atoms with van der Waals surface area (Å²) in [6.45, 7) is 5.58. The van der Waals surface area contributed by atoms with E-state index in [2.05, 4.69) is 15.5 Å². The van der Waals surface area contributed by atoms with Crippen molar-refractivity contribution in [3.63, 3.8) is 0 Å². The molecule has 2 aromatic rings. The van der Waals surface area contributed by atoms with E-state index in [1.54, 1.807) is 29.7 Å². The first-order chi connectivity index (χ1) is 9.99. The van der Waals surface area contributed by atoms with Crippen molar-refractivity contribution in [3.05, 3.63) is 36.4 Å². The molecular formula is C14H17FN4OS. The Morgan fingerprint density at radius 3 is 2.71 bits per heavy atom. The van der Waals surface area contributed by atoms with Gasteiger partial charge in [-0.15, -0.1) is 10.2 Å². The smallest absolute Gasteiger partial charge is 0.233 e. The standard InChI is InChI=1S/C14H17FN4OS/c1-9(2)17-13(20)10(3)21-14-18-16-8-19(14)12-7-5-4-6-11(12)15/h4-10H,1-3H3,(H,17,20)/t10-/m0/s1. The number of thioether (sulfide) groups is 1. The lowest BCUT2D eigenvalue weighted by molar-refractivity contribution is -0.120. The van der Waals surface area contributed by atoms with E-state index < -0.39 is 0 Å². The van der Waals surface area contributed by atoms with Gasteiger partial charge in [-0.05, 0) is 32.9 Å². The van der Waals surface area contributed by atoms with E-state index in [0.29, 0.717) is 10.8 Å². The number of rotatable bonds is 5. The Morgan fingerprint density at radius 2 is 2.05 bits per heavy atom. The van der Waals surface area contributed by atoms with Crippen molar-refractivity contribution in [2.45, 2.75) is 37.2 Å². The van der Waals surface area contributed by atoms with Crippen LogP contribution in [0.3, 0.4) is 0 Å². The van der Waals surface area contributed by atoms with Gasteiger partial charge < -0.3 is 5.32 Å². The number of amides is 1. The van der Waals surface area contributed by atoms with Gasteiger partial charge >= 0.3 is 0 Å². The van der Waals surface area contributed by atoms with Gasteiger partial charge in [0.15, 0.2) is 5.16 Å². The van der Waals surface area contributed by atoms with Gasteiger partial charge in [0, 0.05) is 6.04 Å². The molecule has 1 heterocycles. The second kappa shape index (κ2) is 6.71. The zero-order chi connectivity index (χ0) is 15.4. The summed E-state index contributed by atoms with van der Waals surface area (Å²) in [6, 6.07) is 6.45. The van der Waals surface area contributed by atoms with Crippen molar-refractivity contribution in [3.8, 4) is 5.69 Å². The first kappa shape index (κ1) is 15.5. The normalized spacial score (nSPS) is 12.4. The van der Waals surface area contributed by atoms with Crippen LogP contribution < -0.4 is 5.32 Å². The predicted molar refractivity (Wildman–Crippen MR) is 79.9 cm³/mol. The van der Waals surface area contributed by atoms with Crippen molar-refractivity contribution < 1.29 is 9.18 Å². The number of nitrogens with zero attached hydrogens (tertiary/aromatic N) is 3. The van der Waals surface area contributed by atoms with Crippen LogP contribution in [-0.4, -0.2) is 32.0 Å². The number of nitrogens with one attached hydrogen (secondary N) is 1. The predicted octanol–water partition coefficient (Wildman–Crippen LogP) is 2.41. The van der Waals surface area contributed by atoms with Crippen molar-refractivity contribution in [2.24, 2.45) is 0 Å². The zero-order valence-corrected chi connectivity index (χ0v) is 12.9. The lowest BCUT2D eigenvalue weighted by Gasteiger charge is -2.14. The van der Waals surface area contributed by atoms with Crippen LogP contribution in [0.5, 0.6) is 0 Å². The molecule has 2 rings (SSSR count). The zero-order valence-electron chi connectivity index (χ0n) is 12.1. The average Bonchev–Trinajstić information content (AvgIpc) is 2.86. The summed E-state index contributed by atoms with van der Waals surface area (Å²) in [4.78, 5) is 11.9. The molecule has 1 aromatic heterocycles. The topological polar surface area (TPSA) is 59.8 Å². The van der Waals surface area contributed by atoms with Gasteiger partial charge in [-0.2, -0.15) is 0 Å². The number of carbonyl (C=O) groups excluding carboxylic acids is 1. The number of halogens is 1. The average molecular weight is 308 g/mol. The van der Waals surface area contributed by atoms with E-state index >= 15 is 0 Å². The Bertz CT molecular complexity index is 629. The van der Waals surface area contributed by atoms with Crippen LogP contribution in [0.4, 0.5) is 4.39 Å². The monoisotopic (exact) mass is 308 g/mol. The fourth-order valence-corrected chi connectivity index (χ4v) is 2.58. The highest BCUT2D eigenvalue weighted by atomic mass is 32.2. The van der Waals surface area contributed by atoms with E-state index in [0.717, 1.165) is 0 Å². The molecular weight excluding hydrogens is 291 g/mol. The van der Waals surface area contributed by atoms with Crippen LogP contribution in [-0.2, 0) is 4.79 Å². The Labute approximate surface area is 127 Å². The SMILES string of the molecule is CC(C)NC(=O)[C@H](C)Sc1nncn1-c1ccccc1F. The van der Waals surface area contributed by atoms with Crippen LogP contribution >= 0.6 is 11.8 Å². The summed E-state index contributed by atoms with van der Waals surface area (Å²) in [6.07, 6.45) is 1.44. The lowest BCUT2D eigenvalue weighted by Crippen LogP contribution is -2.36. The van der Waals surface area contributed by atoms with Crippen molar-refractivity contribution >= 4 is 17.7 Å². The van der Waals surface area contributed by atoms with Gasteiger partial charge in [-0.1, -0.05) is 23.9 Å². The number of hydrogen-bond acceptors (Lipinski definition) is 4. The summed E-state index contributed by atoms with van der Waals surface area (Å²) in [7, 11) is 0. The number of hydrogen-bond donors (Lipinski definition) is 1. The summed E-state index contributed by atoms with van der Waals surface area (Å²) >= 11 is 1.24. The maximum atomic E-state index is 13.8. The second-order valence-corrected chi connectivity index (χ2v) is 6.17. The molecule has 0 aliphatic heterocycles. The Hall–Kier alpha value is -1.89. The Morgan fingerprint density at radius 1 is 1.33 bits per heavy atom. The summed E-state index contributed by atoms with van der Waals surface area (Å²) in [5.74, 6) is -0.448. The van der Waals surface area contributed by atoms with Crippen LogP contribution in [0.15, 0.2) is 35.7 Å². The van der Waals surface area contributed by atoms with Gasteiger partial charge in [0.05, 0.1) is 10.9 Å². The van der Waals surface area contributed by atoms with E-state index in [-0.39, 0.29) is 23.0 Å². The third kappa shape index (κ3) is 3.81. The summed E-state index contributed by atoms with van der Waals surface area (Å²) in [5, 5.41) is 10.7. The molecule has 1 atom stereocenters. The van der Waals surface area contributed by atoms with Gasteiger partial charge in [-0.3, -0.25) is 9.36 Å². The summed E-state index contributed by atoms with van der Waals surface area (Å²) in [5.41, 5.74) is 0.362. The summed E-state index contributed by atoms with van der Waals surface area (Å²) < 4.78 is 15.4. The first-order valence-electron chi connectivity index (χ1n) is 6.61. The van der Waals surface area contributed by atoms with Crippen molar-refractivity contribution in [1.82, 2.24) is 20.1 Å². The van der Waals surface area contributed by atoms with Crippen molar-refractivity contribution in [1.29, 1.82) is 0 Å². The highest BCUT2D eigenvalue weighted by Gasteiger charge is 2.19. The number of aromatic nitrogens is 3. The number of para-hydroxylation sites is 1. The largest absolute Gasteiger partial charge is 0.353 e. The number of carbonyl (C=O) groups is 1. The van der Waals surface area contributed by atoms with Gasteiger partial charge in [-0.25, -0.2) is 4.39 Å². The lowest BCUT2D eigenvalue weighted by atomic mass is 10.3. The molecule has 0 fully saturated rings. The molecule has 21 heavy (non-hydrogen) atoms. The molecule has 1 amide bonds. The number of benzene rings is 1. The van der Waals surface area contributed by atoms with Crippen LogP contribution in [0, 0.1) is 5.82 Å². The Kier molecular flexibility index (Phi) is 4.95. The quantitative estimate of drug-likeness (QED) is 0.862. The highest BCUT2D eigenvalue weighted by Crippen LogP contribution is 2.25. The molecule has 0 saturated heterocycles. The third-order valence-corrected chi connectivity index (χ3v) is 3.77. The molecule has 112 valence electrons. The molecule has 0 saturated carbocycles. The highest BCUT2D eigenvalue weighted by molar-refractivity contribution is 8.00. The molecule has 0 unspecified atom stereocenters. The van der Waals surface area contributed by atoms with E-state index in [1.807, 2.05) is 13.8 Å². The molecule has 0 aliphatic rings. The maximum absolute atomic E-state index is 13.8. The van der Waals surface area contributed by atoms with Crippen LogP contribution in [0.2, 0.25) is 0 Å². The fourth-order valence-electron chi connectivity index (χ4n) is 1.73. The van der Waals surface area contributed by atoms with Gasteiger partial charge in [0.25, 0.3) is 0 Å². The van der Waals surface area contributed by atoms with Gasteiger partial charge in [0.1, 0.15) is 12.1 Å². The van der Waals surface area contributed by atoms with E-state index in [1.165, 1.54) is 24.2 Å². The molecule has 5 nitrogen and oxygen atoms in total. The van der Waals surface area contributed by atoms with Crippen LogP contribution in [0.25, 0.3) is 5.69 Å². The van der Waals surface area contributed by atoms with Crippen molar-refractivity contribution in [2.75, 3.05) is 0 Å². The molecule has 0 spiro atoms. The second-order valence-electron chi connectivity index (χ2n) is 4.86. The maximum Gasteiger partial charge on any atom is 0.233 e. The van der Waals surface area contributed by atoms with E-state index in [4.69, 9.17) is 0 Å². The fraction of sp³-hybridized carbons (Fsp3) is 0.357. The third-order valence-electron chi connectivity index (χ3n) is 2.71. The molecule has 0 aliphatic carbocycles. The minimum Gasteiger partial charge on any atom is -0.353 e.